The van der Waals surface area contributed by atoms with E-state index in [0.29, 0.717) is 18.5 Å². The van der Waals surface area contributed by atoms with E-state index in [4.69, 9.17) is 5.41 Å². The van der Waals surface area contributed by atoms with E-state index in [-0.39, 0.29) is 0 Å². The maximum absolute atomic E-state index is 8.47. The lowest BCUT2D eigenvalue weighted by molar-refractivity contribution is 0.426. The highest BCUT2D eigenvalue weighted by Gasteiger charge is 2.28. The summed E-state index contributed by atoms with van der Waals surface area (Å²) < 4.78 is 2.25. The summed E-state index contributed by atoms with van der Waals surface area (Å²) in [6.07, 6.45) is 6.97. The lowest BCUT2D eigenvalue weighted by atomic mass is 10.2. The van der Waals surface area contributed by atoms with Crippen molar-refractivity contribution in [3.63, 3.8) is 0 Å². The van der Waals surface area contributed by atoms with Gasteiger partial charge in [-0.1, -0.05) is 43.2 Å². The number of aromatic nitrogens is 2. The molecule has 114 valence electrons. The predicted octanol–water partition coefficient (Wildman–Crippen LogP) is 3.21. The Morgan fingerprint density at radius 2 is 1.95 bits per heavy atom. The van der Waals surface area contributed by atoms with Crippen molar-refractivity contribution in [2.75, 3.05) is 12.0 Å². The zero-order valence-electron chi connectivity index (χ0n) is 12.6. The second-order valence-electron chi connectivity index (χ2n) is 6.15. The number of anilines is 1. The molecular formula is C17H21N5. The maximum Gasteiger partial charge on any atom is 0.152 e. The smallest absolute Gasteiger partial charge is 0.152 e. The summed E-state index contributed by atoms with van der Waals surface area (Å²) in [6.45, 7) is 1.40. The first-order chi connectivity index (χ1) is 10.8. The normalized spacial score (nSPS) is 18.4. The highest BCUT2D eigenvalue weighted by atomic mass is 15.3. The Kier molecular flexibility index (Phi) is 3.33. The SMILES string of the molecule is N=C1c2ncn(C3CCCC3)c2NCN1Cc1ccccc1. The molecule has 4 rings (SSSR count). The van der Waals surface area contributed by atoms with Gasteiger partial charge in [0.05, 0.1) is 13.0 Å². The highest BCUT2D eigenvalue weighted by molar-refractivity contribution is 6.00. The van der Waals surface area contributed by atoms with Crippen molar-refractivity contribution in [1.29, 1.82) is 5.41 Å². The molecule has 0 radical (unpaired) electrons. The summed E-state index contributed by atoms with van der Waals surface area (Å²) in [5.41, 5.74) is 2.00. The Balaban J connectivity index is 1.56. The number of nitrogens with zero attached hydrogens (tertiary/aromatic N) is 3. The van der Waals surface area contributed by atoms with Gasteiger partial charge in [-0.2, -0.15) is 0 Å². The first-order valence-electron chi connectivity index (χ1n) is 8.01. The van der Waals surface area contributed by atoms with Crippen molar-refractivity contribution >= 4 is 11.7 Å². The van der Waals surface area contributed by atoms with Gasteiger partial charge in [0.2, 0.25) is 0 Å². The molecule has 1 aromatic carbocycles. The van der Waals surface area contributed by atoms with Crippen LogP contribution in [0.5, 0.6) is 0 Å². The number of hydrogen-bond acceptors (Lipinski definition) is 3. The van der Waals surface area contributed by atoms with E-state index in [1.54, 1.807) is 0 Å². The third-order valence-electron chi connectivity index (χ3n) is 4.71. The van der Waals surface area contributed by atoms with Crippen LogP contribution in [0.3, 0.4) is 0 Å². The Morgan fingerprint density at radius 1 is 1.18 bits per heavy atom. The molecular weight excluding hydrogens is 274 g/mol. The first kappa shape index (κ1) is 13.4. The highest BCUT2D eigenvalue weighted by Crippen LogP contribution is 2.34. The zero-order chi connectivity index (χ0) is 14.9. The monoisotopic (exact) mass is 295 g/mol. The molecule has 1 aliphatic carbocycles. The van der Waals surface area contributed by atoms with Gasteiger partial charge >= 0.3 is 0 Å². The van der Waals surface area contributed by atoms with Crippen LogP contribution in [0, 0.1) is 5.41 Å². The van der Waals surface area contributed by atoms with E-state index in [9.17, 15) is 0 Å². The summed E-state index contributed by atoms with van der Waals surface area (Å²) in [5, 5.41) is 11.9. The summed E-state index contributed by atoms with van der Waals surface area (Å²) in [5.74, 6) is 1.55. The van der Waals surface area contributed by atoms with Gasteiger partial charge in [0.15, 0.2) is 5.84 Å². The van der Waals surface area contributed by atoms with Crippen LogP contribution in [0.1, 0.15) is 43.0 Å². The maximum atomic E-state index is 8.47. The van der Waals surface area contributed by atoms with Crippen LogP contribution in [-0.4, -0.2) is 27.0 Å². The van der Waals surface area contributed by atoms with Gasteiger partial charge in [-0.25, -0.2) is 4.98 Å². The molecule has 5 nitrogen and oxygen atoms in total. The molecule has 2 aromatic rings. The van der Waals surface area contributed by atoms with Gasteiger partial charge in [-0.15, -0.1) is 0 Å². The number of hydrogen-bond donors (Lipinski definition) is 2. The minimum atomic E-state index is 0.523. The van der Waals surface area contributed by atoms with Gasteiger partial charge in [0.1, 0.15) is 11.5 Å². The average molecular weight is 295 g/mol. The Morgan fingerprint density at radius 3 is 2.73 bits per heavy atom. The van der Waals surface area contributed by atoms with Crippen molar-refractivity contribution in [2.45, 2.75) is 38.3 Å². The molecule has 22 heavy (non-hydrogen) atoms. The molecule has 1 fully saturated rings. The Bertz CT molecular complexity index is 670. The fourth-order valence-electron chi connectivity index (χ4n) is 3.51. The number of nitrogens with one attached hydrogen (secondary N) is 2. The fourth-order valence-corrected chi connectivity index (χ4v) is 3.51. The first-order valence-corrected chi connectivity index (χ1v) is 8.01. The van der Waals surface area contributed by atoms with Crippen LogP contribution < -0.4 is 5.32 Å². The molecule has 1 saturated carbocycles. The lowest BCUT2D eigenvalue weighted by Crippen LogP contribution is -2.40. The second-order valence-corrected chi connectivity index (χ2v) is 6.15. The van der Waals surface area contributed by atoms with Gasteiger partial charge in [-0.3, -0.25) is 5.41 Å². The van der Waals surface area contributed by atoms with Gasteiger partial charge in [-0.05, 0) is 18.4 Å². The van der Waals surface area contributed by atoms with Crippen LogP contribution in [-0.2, 0) is 6.54 Å². The zero-order valence-corrected chi connectivity index (χ0v) is 12.6. The minimum Gasteiger partial charge on any atom is -0.352 e. The second kappa shape index (κ2) is 5.48. The van der Waals surface area contributed by atoms with E-state index in [1.165, 1.54) is 31.2 Å². The van der Waals surface area contributed by atoms with Crippen LogP contribution in [0.4, 0.5) is 5.82 Å². The van der Waals surface area contributed by atoms with Crippen LogP contribution in [0.15, 0.2) is 36.7 Å². The molecule has 0 spiro atoms. The largest absolute Gasteiger partial charge is 0.352 e. The molecule has 2 N–H and O–H groups in total. The minimum absolute atomic E-state index is 0.523. The van der Waals surface area contributed by atoms with Crippen LogP contribution in [0.25, 0.3) is 0 Å². The number of amidine groups is 1. The molecule has 0 saturated heterocycles. The fraction of sp³-hybridized carbons (Fsp3) is 0.412. The van der Waals surface area contributed by atoms with Crippen molar-refractivity contribution in [3.8, 4) is 0 Å². The van der Waals surface area contributed by atoms with Crippen LogP contribution >= 0.6 is 0 Å². The van der Waals surface area contributed by atoms with Crippen LogP contribution in [0.2, 0.25) is 0 Å². The molecule has 1 aromatic heterocycles. The van der Waals surface area contributed by atoms with Crippen molar-refractivity contribution < 1.29 is 0 Å². The number of fused-ring (bicyclic) bond motifs is 1. The van der Waals surface area contributed by atoms with Gasteiger partial charge < -0.3 is 14.8 Å². The van der Waals surface area contributed by atoms with E-state index >= 15 is 0 Å². The summed E-state index contributed by atoms with van der Waals surface area (Å²) >= 11 is 0. The molecule has 0 unspecified atom stereocenters. The number of imidazole rings is 1. The van der Waals surface area contributed by atoms with Crippen molar-refractivity contribution in [2.24, 2.45) is 0 Å². The molecule has 0 bridgehead atoms. The summed E-state index contributed by atoms with van der Waals surface area (Å²) in [7, 11) is 0. The molecule has 0 amide bonds. The molecule has 2 aliphatic rings. The third kappa shape index (κ3) is 2.26. The van der Waals surface area contributed by atoms with Gasteiger partial charge in [0, 0.05) is 12.6 Å². The number of rotatable bonds is 3. The lowest BCUT2D eigenvalue weighted by Gasteiger charge is -2.31. The van der Waals surface area contributed by atoms with E-state index in [2.05, 4.69) is 27.0 Å². The van der Waals surface area contributed by atoms with Crippen molar-refractivity contribution in [1.82, 2.24) is 14.5 Å². The van der Waals surface area contributed by atoms with E-state index < -0.39 is 0 Å². The Hall–Kier alpha value is -2.30. The molecule has 1 aliphatic heterocycles. The predicted molar refractivity (Wildman–Crippen MR) is 87.0 cm³/mol. The third-order valence-corrected chi connectivity index (χ3v) is 4.71. The quantitative estimate of drug-likeness (QED) is 0.914. The standard InChI is InChI=1S/C17H21N5/c18-16-15-17(22(12-19-15)14-8-4-5-9-14)20-11-21(16)10-13-6-2-1-3-7-13/h1-3,6-7,12,14,18,20H,4-5,8-11H2. The topological polar surface area (TPSA) is 56.9 Å². The molecule has 0 atom stereocenters. The van der Waals surface area contributed by atoms with E-state index in [1.807, 2.05) is 29.4 Å². The molecule has 2 heterocycles. The summed E-state index contributed by atoms with van der Waals surface area (Å²) in [4.78, 5) is 6.54. The van der Waals surface area contributed by atoms with E-state index in [0.717, 1.165) is 18.1 Å². The molecule has 5 heteroatoms. The Labute approximate surface area is 130 Å². The number of benzene rings is 1. The van der Waals surface area contributed by atoms with Gasteiger partial charge in [0.25, 0.3) is 0 Å². The summed E-state index contributed by atoms with van der Waals surface area (Å²) in [6, 6.07) is 10.8. The average Bonchev–Trinajstić information content (AvgIpc) is 3.20. The van der Waals surface area contributed by atoms with Crippen molar-refractivity contribution in [3.05, 3.63) is 47.9 Å².